The van der Waals surface area contributed by atoms with Crippen LogP contribution < -0.4 is 0 Å². The number of ether oxygens (including phenoxy) is 1. The second-order valence-corrected chi connectivity index (χ2v) is 6.06. The van der Waals surface area contributed by atoms with Gasteiger partial charge in [0.2, 0.25) is 0 Å². The molecule has 3 nitrogen and oxygen atoms in total. The Morgan fingerprint density at radius 1 is 1.39 bits per heavy atom. The second kappa shape index (κ2) is 5.27. The lowest BCUT2D eigenvalue weighted by atomic mass is 10.1. The average Bonchev–Trinajstić information content (AvgIpc) is 2.57. The van der Waals surface area contributed by atoms with Crippen molar-refractivity contribution >= 4 is 22.0 Å². The number of likely N-dealkylation sites (tertiary alicyclic amines) is 1. The largest absolute Gasteiger partial charge is 0.444 e. The molecule has 0 spiro atoms. The molecule has 0 aliphatic carbocycles. The number of nitrogens with zero attached hydrogens (tertiary/aromatic N) is 1. The lowest BCUT2D eigenvalue weighted by Gasteiger charge is -2.27. The zero-order chi connectivity index (χ0) is 14.1. The monoisotopic (exact) mass is 331 g/mol. The van der Waals surface area contributed by atoms with Gasteiger partial charge in [0.05, 0.1) is 5.92 Å². The van der Waals surface area contributed by atoms with Crippen molar-refractivity contribution in [2.45, 2.75) is 45.0 Å². The van der Waals surface area contributed by atoms with Gasteiger partial charge in [-0.1, -0.05) is 15.9 Å². The molecule has 0 aromatic rings. The molecular formula is C11H17BrF3NO2. The lowest BCUT2D eigenvalue weighted by molar-refractivity contribution is -0.170. The highest BCUT2D eigenvalue weighted by Gasteiger charge is 2.49. The Morgan fingerprint density at radius 3 is 2.33 bits per heavy atom. The maximum Gasteiger partial charge on any atom is 0.410 e. The molecule has 1 amide bonds. The summed E-state index contributed by atoms with van der Waals surface area (Å²) >= 11 is 3.14. The average molecular weight is 332 g/mol. The molecular weight excluding hydrogens is 315 g/mol. The van der Waals surface area contributed by atoms with Crippen LogP contribution in [0.15, 0.2) is 0 Å². The standard InChI is InChI=1S/C11H17BrF3NO2/c1-10(2,3)18-9(17)16-6-7(11(13,14)15)4-8(16)5-12/h7-8H,4-6H2,1-3H3/t7-,8-/m0/s1. The molecule has 1 rings (SSSR count). The fourth-order valence-electron chi connectivity index (χ4n) is 1.84. The molecule has 0 N–H and O–H groups in total. The molecule has 1 heterocycles. The van der Waals surface area contributed by atoms with Gasteiger partial charge in [-0.3, -0.25) is 0 Å². The van der Waals surface area contributed by atoms with Gasteiger partial charge in [0.15, 0.2) is 0 Å². The smallest absolute Gasteiger partial charge is 0.410 e. The van der Waals surface area contributed by atoms with Crippen molar-refractivity contribution in [2.24, 2.45) is 5.92 Å². The van der Waals surface area contributed by atoms with Gasteiger partial charge in [0, 0.05) is 17.9 Å². The van der Waals surface area contributed by atoms with Crippen LogP contribution in [-0.2, 0) is 4.74 Å². The summed E-state index contributed by atoms with van der Waals surface area (Å²) in [6.45, 7) is 4.73. The van der Waals surface area contributed by atoms with Crippen LogP contribution in [0.2, 0.25) is 0 Å². The van der Waals surface area contributed by atoms with E-state index in [2.05, 4.69) is 15.9 Å². The first kappa shape index (κ1) is 15.6. The Morgan fingerprint density at radius 2 is 1.94 bits per heavy atom. The molecule has 18 heavy (non-hydrogen) atoms. The molecule has 7 heteroatoms. The molecule has 106 valence electrons. The SMILES string of the molecule is CC(C)(C)OC(=O)N1C[C@@H](C(F)(F)F)C[C@H]1CBr. The number of halogens is 4. The fraction of sp³-hybridized carbons (Fsp3) is 0.909. The van der Waals surface area contributed by atoms with Crippen LogP contribution in [0.4, 0.5) is 18.0 Å². The van der Waals surface area contributed by atoms with Crippen LogP contribution in [0.25, 0.3) is 0 Å². The normalized spacial score (nSPS) is 25.4. The summed E-state index contributed by atoms with van der Waals surface area (Å²) < 4.78 is 43.1. The highest BCUT2D eigenvalue weighted by atomic mass is 79.9. The van der Waals surface area contributed by atoms with Gasteiger partial charge in [-0.25, -0.2) is 4.79 Å². The molecule has 1 saturated heterocycles. The maximum atomic E-state index is 12.7. The number of hydrogen-bond acceptors (Lipinski definition) is 2. The topological polar surface area (TPSA) is 29.5 Å². The van der Waals surface area contributed by atoms with E-state index >= 15 is 0 Å². The lowest BCUT2D eigenvalue weighted by Crippen LogP contribution is -2.41. The van der Waals surface area contributed by atoms with Crippen LogP contribution in [0.5, 0.6) is 0 Å². The third kappa shape index (κ3) is 4.03. The van der Waals surface area contributed by atoms with Crippen molar-refractivity contribution < 1.29 is 22.7 Å². The Balaban J connectivity index is 2.73. The summed E-state index contributed by atoms with van der Waals surface area (Å²) in [7, 11) is 0. The Bertz CT molecular complexity index is 314. The summed E-state index contributed by atoms with van der Waals surface area (Å²) in [5.41, 5.74) is -0.704. The molecule has 0 bridgehead atoms. The van der Waals surface area contributed by atoms with E-state index < -0.39 is 29.8 Å². The van der Waals surface area contributed by atoms with E-state index in [1.165, 1.54) is 0 Å². The van der Waals surface area contributed by atoms with Crippen LogP contribution in [-0.4, -0.2) is 40.7 Å². The Kier molecular flexibility index (Phi) is 4.56. The number of alkyl halides is 4. The van der Waals surface area contributed by atoms with Crippen molar-refractivity contribution in [1.82, 2.24) is 4.90 Å². The van der Waals surface area contributed by atoms with E-state index in [0.29, 0.717) is 5.33 Å². The quantitative estimate of drug-likeness (QED) is 0.687. The minimum absolute atomic E-state index is 0.0754. The van der Waals surface area contributed by atoms with E-state index in [0.717, 1.165) is 4.90 Å². The number of amides is 1. The van der Waals surface area contributed by atoms with Gasteiger partial charge < -0.3 is 9.64 Å². The van der Waals surface area contributed by atoms with Gasteiger partial charge in [0.25, 0.3) is 0 Å². The third-order valence-corrected chi connectivity index (χ3v) is 3.43. The predicted molar refractivity (Wildman–Crippen MR) is 64.7 cm³/mol. The number of rotatable bonds is 1. The van der Waals surface area contributed by atoms with Crippen molar-refractivity contribution in [1.29, 1.82) is 0 Å². The zero-order valence-electron chi connectivity index (χ0n) is 10.6. The molecule has 0 saturated carbocycles. The minimum atomic E-state index is -4.27. The molecule has 1 aliphatic rings. The minimum Gasteiger partial charge on any atom is -0.444 e. The summed E-state index contributed by atoms with van der Waals surface area (Å²) in [5, 5.41) is 0.318. The van der Waals surface area contributed by atoms with Gasteiger partial charge in [-0.15, -0.1) is 0 Å². The summed E-state index contributed by atoms with van der Waals surface area (Å²) in [4.78, 5) is 13.0. The number of carbonyl (C=O) groups is 1. The highest BCUT2D eigenvalue weighted by Crippen LogP contribution is 2.37. The van der Waals surface area contributed by atoms with E-state index in [-0.39, 0.29) is 13.0 Å². The first-order valence-corrected chi connectivity index (χ1v) is 6.79. The van der Waals surface area contributed by atoms with Crippen LogP contribution in [0.3, 0.4) is 0 Å². The van der Waals surface area contributed by atoms with Gasteiger partial charge in [-0.2, -0.15) is 13.2 Å². The van der Waals surface area contributed by atoms with Gasteiger partial charge in [0.1, 0.15) is 5.60 Å². The van der Waals surface area contributed by atoms with Crippen molar-refractivity contribution in [3.8, 4) is 0 Å². The van der Waals surface area contributed by atoms with Crippen molar-refractivity contribution in [2.75, 3.05) is 11.9 Å². The maximum absolute atomic E-state index is 12.7. The number of hydrogen-bond donors (Lipinski definition) is 0. The van der Waals surface area contributed by atoms with Crippen LogP contribution >= 0.6 is 15.9 Å². The molecule has 2 atom stereocenters. The first-order chi connectivity index (χ1) is 8.04. The van der Waals surface area contributed by atoms with Crippen molar-refractivity contribution in [3.05, 3.63) is 0 Å². The van der Waals surface area contributed by atoms with E-state index in [1.807, 2.05) is 0 Å². The van der Waals surface area contributed by atoms with Gasteiger partial charge >= 0.3 is 12.3 Å². The Labute approximate surface area is 113 Å². The molecule has 0 unspecified atom stereocenters. The first-order valence-electron chi connectivity index (χ1n) is 5.67. The van der Waals surface area contributed by atoms with E-state index in [4.69, 9.17) is 4.74 Å². The molecule has 1 fully saturated rings. The van der Waals surface area contributed by atoms with Crippen LogP contribution in [0.1, 0.15) is 27.2 Å². The second-order valence-electron chi connectivity index (χ2n) is 5.42. The van der Waals surface area contributed by atoms with Crippen LogP contribution in [0, 0.1) is 5.92 Å². The fourth-order valence-corrected chi connectivity index (χ4v) is 2.46. The molecule has 0 aromatic heterocycles. The summed E-state index contributed by atoms with van der Waals surface area (Å²) in [6, 6.07) is -0.466. The molecule has 1 aliphatic heterocycles. The summed E-state index contributed by atoms with van der Waals surface area (Å²) in [5.74, 6) is -1.47. The summed E-state index contributed by atoms with van der Waals surface area (Å²) in [6.07, 6.45) is -5.02. The van der Waals surface area contributed by atoms with Crippen molar-refractivity contribution in [3.63, 3.8) is 0 Å². The number of carbonyl (C=O) groups excluding carboxylic acids is 1. The van der Waals surface area contributed by atoms with Gasteiger partial charge in [-0.05, 0) is 27.2 Å². The third-order valence-electron chi connectivity index (χ3n) is 2.68. The highest BCUT2D eigenvalue weighted by molar-refractivity contribution is 9.09. The Hall–Kier alpha value is -0.460. The molecule has 0 aromatic carbocycles. The van der Waals surface area contributed by atoms with E-state index in [9.17, 15) is 18.0 Å². The van der Waals surface area contributed by atoms with E-state index in [1.54, 1.807) is 20.8 Å². The zero-order valence-corrected chi connectivity index (χ0v) is 12.1. The predicted octanol–water partition coefficient (Wildman–Crippen LogP) is 3.57. The molecule has 0 radical (unpaired) electrons.